The lowest BCUT2D eigenvalue weighted by atomic mass is 10.1. The third kappa shape index (κ3) is 2.94. The van der Waals surface area contributed by atoms with Crippen molar-refractivity contribution in [3.05, 3.63) is 26.8 Å². The van der Waals surface area contributed by atoms with Gasteiger partial charge >= 0.3 is 5.97 Å². The van der Waals surface area contributed by atoms with Crippen LogP contribution in [0.1, 0.15) is 22.8 Å². The van der Waals surface area contributed by atoms with E-state index in [4.69, 9.17) is 9.47 Å². The number of benzene rings is 1. The van der Waals surface area contributed by atoms with Gasteiger partial charge in [0, 0.05) is 16.1 Å². The smallest absolute Gasteiger partial charge is 0.302 e. The summed E-state index contributed by atoms with van der Waals surface area (Å²) in [6.07, 6.45) is 0.708. The molecule has 0 amide bonds. The number of hydrogen-bond acceptors (Lipinski definition) is 4. The molecule has 0 saturated carbocycles. The largest absolute Gasteiger partial charge is 0.496 e. The number of carbonyl (C=O) groups is 2. The Labute approximate surface area is 107 Å². The van der Waals surface area contributed by atoms with E-state index in [0.29, 0.717) is 23.2 Å². The van der Waals surface area contributed by atoms with Gasteiger partial charge in [-0.15, -0.1) is 0 Å². The van der Waals surface area contributed by atoms with E-state index in [1.807, 2.05) is 6.07 Å². The monoisotopic (exact) mass is 334 g/mol. The van der Waals surface area contributed by atoms with Gasteiger partial charge in [-0.2, -0.15) is 0 Å². The second-order valence-corrected chi connectivity index (χ2v) is 4.20. The van der Waals surface area contributed by atoms with Crippen LogP contribution < -0.4 is 4.74 Å². The summed E-state index contributed by atoms with van der Waals surface area (Å²) in [5, 5.41) is 0. The maximum absolute atomic E-state index is 11.0. The zero-order valence-corrected chi connectivity index (χ0v) is 11.1. The zero-order chi connectivity index (χ0) is 12.1. The van der Waals surface area contributed by atoms with Gasteiger partial charge in [-0.25, -0.2) is 0 Å². The van der Waals surface area contributed by atoms with Gasteiger partial charge in [0.1, 0.15) is 12.4 Å². The van der Waals surface area contributed by atoms with Gasteiger partial charge in [-0.3, -0.25) is 9.59 Å². The third-order valence-electron chi connectivity index (χ3n) is 2.02. The summed E-state index contributed by atoms with van der Waals surface area (Å²) in [5.74, 6) is 0.105. The molecule has 0 fully saturated rings. The molecule has 1 rings (SSSR count). The van der Waals surface area contributed by atoms with Gasteiger partial charge in [0.2, 0.25) is 0 Å². The summed E-state index contributed by atoms with van der Waals surface area (Å²) in [7, 11) is 1.49. The lowest BCUT2D eigenvalue weighted by Gasteiger charge is -2.11. The van der Waals surface area contributed by atoms with Crippen molar-refractivity contribution in [3.8, 4) is 5.75 Å². The first-order valence-corrected chi connectivity index (χ1v) is 5.62. The number of rotatable bonds is 4. The van der Waals surface area contributed by atoms with Crippen LogP contribution in [0.2, 0.25) is 0 Å². The van der Waals surface area contributed by atoms with Crippen LogP contribution in [0.15, 0.2) is 12.1 Å². The fourth-order valence-electron chi connectivity index (χ4n) is 1.24. The highest BCUT2D eigenvalue weighted by Crippen LogP contribution is 2.25. The van der Waals surface area contributed by atoms with E-state index in [2.05, 4.69) is 22.6 Å². The summed E-state index contributed by atoms with van der Waals surface area (Å²) in [6.45, 7) is 1.41. The van der Waals surface area contributed by atoms with E-state index >= 15 is 0 Å². The van der Waals surface area contributed by atoms with E-state index in [1.54, 1.807) is 6.07 Å². The van der Waals surface area contributed by atoms with Crippen molar-refractivity contribution in [2.75, 3.05) is 7.11 Å². The Kier molecular flexibility index (Phi) is 4.72. The first kappa shape index (κ1) is 13.0. The molecule has 0 saturated heterocycles. The molecule has 0 unspecified atom stereocenters. The van der Waals surface area contributed by atoms with Crippen LogP contribution in [0.25, 0.3) is 0 Å². The first-order chi connectivity index (χ1) is 7.60. The second kappa shape index (κ2) is 5.83. The molecule has 0 spiro atoms. The molecular weight excluding hydrogens is 323 g/mol. The van der Waals surface area contributed by atoms with Crippen LogP contribution in [0.3, 0.4) is 0 Å². The van der Waals surface area contributed by atoms with Gasteiger partial charge in [0.05, 0.1) is 12.7 Å². The van der Waals surface area contributed by atoms with E-state index in [1.165, 1.54) is 14.0 Å². The molecule has 0 aliphatic heterocycles. The maximum Gasteiger partial charge on any atom is 0.302 e. The molecule has 0 bridgehead atoms. The van der Waals surface area contributed by atoms with E-state index in [9.17, 15) is 9.59 Å². The summed E-state index contributed by atoms with van der Waals surface area (Å²) in [6, 6.07) is 3.52. The van der Waals surface area contributed by atoms with Crippen LogP contribution >= 0.6 is 22.6 Å². The molecule has 16 heavy (non-hydrogen) atoms. The van der Waals surface area contributed by atoms with Gasteiger partial charge in [0.25, 0.3) is 0 Å². The molecule has 0 heterocycles. The molecule has 4 nitrogen and oxygen atoms in total. The number of hydrogen-bond donors (Lipinski definition) is 0. The quantitative estimate of drug-likeness (QED) is 0.481. The standard InChI is InChI=1S/C11H11IO4/c1-7(14)16-6-9-8(5-13)11(15-2)4-3-10(9)12/h3-5H,6H2,1-2H3. The highest BCUT2D eigenvalue weighted by atomic mass is 127. The third-order valence-corrected chi connectivity index (χ3v) is 3.03. The lowest BCUT2D eigenvalue weighted by Crippen LogP contribution is -2.05. The summed E-state index contributed by atoms with van der Waals surface area (Å²) in [4.78, 5) is 21.7. The molecular formula is C11H11IO4. The minimum absolute atomic E-state index is 0.0822. The van der Waals surface area contributed by atoms with Crippen molar-refractivity contribution < 1.29 is 19.1 Å². The number of halogens is 1. The molecule has 1 aromatic carbocycles. The molecule has 0 aromatic heterocycles. The van der Waals surface area contributed by atoms with Crippen molar-refractivity contribution in [2.45, 2.75) is 13.5 Å². The van der Waals surface area contributed by atoms with E-state index in [-0.39, 0.29) is 12.6 Å². The normalized spacial score (nSPS) is 9.69. The van der Waals surface area contributed by atoms with Gasteiger partial charge in [0.15, 0.2) is 6.29 Å². The van der Waals surface area contributed by atoms with Crippen molar-refractivity contribution in [1.29, 1.82) is 0 Å². The van der Waals surface area contributed by atoms with Crippen LogP contribution in [0, 0.1) is 3.57 Å². The Balaban J connectivity index is 3.12. The zero-order valence-electron chi connectivity index (χ0n) is 8.95. The molecule has 86 valence electrons. The van der Waals surface area contributed by atoms with Crippen molar-refractivity contribution in [2.24, 2.45) is 0 Å². The molecule has 5 heteroatoms. The Bertz CT molecular complexity index is 415. The number of aldehydes is 1. The Morgan fingerprint density at radius 2 is 2.19 bits per heavy atom. The molecule has 0 radical (unpaired) electrons. The Morgan fingerprint density at radius 3 is 2.69 bits per heavy atom. The first-order valence-electron chi connectivity index (χ1n) is 4.54. The van der Waals surface area contributed by atoms with E-state index < -0.39 is 0 Å². The fraction of sp³-hybridized carbons (Fsp3) is 0.273. The van der Waals surface area contributed by atoms with Gasteiger partial charge < -0.3 is 9.47 Å². The Morgan fingerprint density at radius 1 is 1.50 bits per heavy atom. The molecule has 0 N–H and O–H groups in total. The highest BCUT2D eigenvalue weighted by Gasteiger charge is 2.13. The fourth-order valence-corrected chi connectivity index (χ4v) is 1.87. The summed E-state index contributed by atoms with van der Waals surface area (Å²) in [5.41, 5.74) is 1.10. The maximum atomic E-state index is 11.0. The SMILES string of the molecule is COc1ccc(I)c(COC(C)=O)c1C=O. The molecule has 0 aliphatic rings. The summed E-state index contributed by atoms with van der Waals surface area (Å²) >= 11 is 2.08. The predicted molar refractivity (Wildman–Crippen MR) is 66.6 cm³/mol. The number of carbonyl (C=O) groups excluding carboxylic acids is 2. The predicted octanol–water partition coefficient (Wildman–Crippen LogP) is 2.18. The molecule has 0 aliphatic carbocycles. The highest BCUT2D eigenvalue weighted by molar-refractivity contribution is 14.1. The average molecular weight is 334 g/mol. The lowest BCUT2D eigenvalue weighted by molar-refractivity contribution is -0.142. The molecule has 0 atom stereocenters. The topological polar surface area (TPSA) is 52.6 Å². The average Bonchev–Trinajstić information content (AvgIpc) is 2.26. The second-order valence-electron chi connectivity index (χ2n) is 3.04. The Hall–Kier alpha value is -1.11. The van der Waals surface area contributed by atoms with Crippen LogP contribution in [0.5, 0.6) is 5.75 Å². The van der Waals surface area contributed by atoms with Crippen LogP contribution in [0.4, 0.5) is 0 Å². The number of methoxy groups -OCH3 is 1. The van der Waals surface area contributed by atoms with Crippen molar-refractivity contribution >= 4 is 34.8 Å². The van der Waals surface area contributed by atoms with E-state index in [0.717, 1.165) is 3.57 Å². The summed E-state index contributed by atoms with van der Waals surface area (Å²) < 4.78 is 10.8. The number of ether oxygens (including phenoxy) is 2. The van der Waals surface area contributed by atoms with Crippen LogP contribution in [-0.2, 0) is 16.1 Å². The van der Waals surface area contributed by atoms with Crippen molar-refractivity contribution in [3.63, 3.8) is 0 Å². The minimum Gasteiger partial charge on any atom is -0.496 e. The van der Waals surface area contributed by atoms with Gasteiger partial charge in [-0.1, -0.05) is 0 Å². The molecule has 1 aromatic rings. The minimum atomic E-state index is -0.379. The van der Waals surface area contributed by atoms with Crippen LogP contribution in [-0.4, -0.2) is 19.4 Å². The van der Waals surface area contributed by atoms with Gasteiger partial charge in [-0.05, 0) is 34.7 Å². The van der Waals surface area contributed by atoms with Crippen molar-refractivity contribution in [1.82, 2.24) is 0 Å². The number of esters is 1.